The van der Waals surface area contributed by atoms with E-state index < -0.39 is 0 Å². The maximum absolute atomic E-state index is 11.9. The number of hydrogen-bond acceptors (Lipinski definition) is 6. The molecule has 0 spiro atoms. The van der Waals surface area contributed by atoms with Gasteiger partial charge in [0.05, 0.1) is 18.2 Å². The number of rotatable bonds is 7. The lowest BCUT2D eigenvalue weighted by Crippen LogP contribution is -2.38. The minimum Gasteiger partial charge on any atom is -0.379 e. The Morgan fingerprint density at radius 1 is 1.50 bits per heavy atom. The number of hydrogen-bond donors (Lipinski definition) is 2. The number of nitrogens with one attached hydrogen (secondary N) is 1. The number of carbonyl (C=O) groups excluding carboxylic acids is 1. The first kappa shape index (κ1) is 15.4. The molecule has 2 heterocycles. The number of aromatic nitrogens is 1. The highest BCUT2D eigenvalue weighted by Crippen LogP contribution is 2.09. The third-order valence-corrected chi connectivity index (χ3v) is 4.09. The van der Waals surface area contributed by atoms with Gasteiger partial charge in [0.15, 0.2) is 0 Å². The molecular formula is C13H22N4O2S. The first-order valence-corrected chi connectivity index (χ1v) is 7.90. The average molecular weight is 298 g/mol. The Balaban J connectivity index is 1.63. The van der Waals surface area contributed by atoms with Gasteiger partial charge in [-0.25, -0.2) is 4.98 Å². The molecule has 0 unspecified atom stereocenters. The largest absolute Gasteiger partial charge is 0.379 e. The molecule has 0 atom stereocenters. The van der Waals surface area contributed by atoms with Gasteiger partial charge in [-0.1, -0.05) is 0 Å². The van der Waals surface area contributed by atoms with Crippen molar-refractivity contribution in [2.24, 2.45) is 5.73 Å². The van der Waals surface area contributed by atoms with Gasteiger partial charge in [0.2, 0.25) is 0 Å². The van der Waals surface area contributed by atoms with Gasteiger partial charge >= 0.3 is 0 Å². The molecule has 2 rings (SSSR count). The number of morpholine rings is 1. The fourth-order valence-corrected chi connectivity index (χ4v) is 2.87. The molecule has 1 saturated heterocycles. The van der Waals surface area contributed by atoms with Crippen LogP contribution in [0.15, 0.2) is 5.38 Å². The van der Waals surface area contributed by atoms with E-state index in [1.165, 1.54) is 11.3 Å². The normalized spacial score (nSPS) is 16.2. The van der Waals surface area contributed by atoms with E-state index in [1.54, 1.807) is 5.38 Å². The molecule has 0 aliphatic carbocycles. The summed E-state index contributed by atoms with van der Waals surface area (Å²) in [6, 6.07) is 0. The van der Waals surface area contributed by atoms with E-state index in [4.69, 9.17) is 10.5 Å². The van der Waals surface area contributed by atoms with Crippen molar-refractivity contribution in [3.05, 3.63) is 16.1 Å². The van der Waals surface area contributed by atoms with Gasteiger partial charge in [-0.2, -0.15) is 0 Å². The number of nitrogens with two attached hydrogens (primary N) is 1. The summed E-state index contributed by atoms with van der Waals surface area (Å²) in [6.45, 7) is 5.85. The van der Waals surface area contributed by atoms with E-state index in [1.807, 2.05) is 0 Å². The third kappa shape index (κ3) is 4.82. The molecule has 1 aliphatic heterocycles. The Kier molecular flexibility index (Phi) is 6.38. The Hall–Kier alpha value is -1.02. The fraction of sp³-hybridized carbons (Fsp3) is 0.692. The van der Waals surface area contributed by atoms with Gasteiger partial charge in [-0.15, -0.1) is 11.3 Å². The molecule has 1 aromatic rings. The van der Waals surface area contributed by atoms with E-state index in [-0.39, 0.29) is 5.91 Å². The lowest BCUT2D eigenvalue weighted by molar-refractivity contribution is 0.0374. The van der Waals surface area contributed by atoms with Crippen LogP contribution in [0, 0.1) is 0 Å². The minimum atomic E-state index is -0.0912. The highest BCUT2D eigenvalue weighted by atomic mass is 32.1. The standard InChI is InChI=1S/C13H22N4O2S/c14-3-2-12-16-11(10-20-12)13(18)15-4-1-5-17-6-8-19-9-7-17/h10H,1-9,14H2,(H,15,18). The summed E-state index contributed by atoms with van der Waals surface area (Å²) in [4.78, 5) is 18.5. The van der Waals surface area contributed by atoms with Crippen molar-refractivity contribution in [3.8, 4) is 0 Å². The maximum atomic E-state index is 11.9. The van der Waals surface area contributed by atoms with Crippen molar-refractivity contribution >= 4 is 17.2 Å². The lowest BCUT2D eigenvalue weighted by atomic mass is 10.3. The van der Waals surface area contributed by atoms with E-state index in [0.29, 0.717) is 18.8 Å². The van der Waals surface area contributed by atoms with Crippen molar-refractivity contribution < 1.29 is 9.53 Å². The van der Waals surface area contributed by atoms with Crippen LogP contribution < -0.4 is 11.1 Å². The second kappa shape index (κ2) is 8.31. The van der Waals surface area contributed by atoms with Gasteiger partial charge in [0, 0.05) is 31.4 Å². The van der Waals surface area contributed by atoms with Crippen molar-refractivity contribution in [1.29, 1.82) is 0 Å². The molecule has 1 fully saturated rings. The van der Waals surface area contributed by atoms with Crippen molar-refractivity contribution in [1.82, 2.24) is 15.2 Å². The Bertz CT molecular complexity index is 418. The number of carbonyl (C=O) groups is 1. The second-order valence-electron chi connectivity index (χ2n) is 4.73. The molecule has 1 amide bonds. The smallest absolute Gasteiger partial charge is 0.270 e. The minimum absolute atomic E-state index is 0.0912. The maximum Gasteiger partial charge on any atom is 0.270 e. The predicted molar refractivity (Wildman–Crippen MR) is 79.1 cm³/mol. The quantitative estimate of drug-likeness (QED) is 0.698. The highest BCUT2D eigenvalue weighted by Gasteiger charge is 2.11. The van der Waals surface area contributed by atoms with E-state index >= 15 is 0 Å². The zero-order valence-electron chi connectivity index (χ0n) is 11.6. The van der Waals surface area contributed by atoms with Gasteiger partial charge < -0.3 is 15.8 Å². The first-order valence-electron chi connectivity index (χ1n) is 7.02. The van der Waals surface area contributed by atoms with Crippen LogP contribution in [0.4, 0.5) is 0 Å². The van der Waals surface area contributed by atoms with Crippen molar-refractivity contribution in [3.63, 3.8) is 0 Å². The molecule has 0 bridgehead atoms. The van der Waals surface area contributed by atoms with E-state index in [0.717, 1.165) is 50.7 Å². The van der Waals surface area contributed by atoms with Crippen molar-refractivity contribution in [2.75, 3.05) is 45.9 Å². The van der Waals surface area contributed by atoms with Crippen molar-refractivity contribution in [2.45, 2.75) is 12.8 Å². The summed E-state index contributed by atoms with van der Waals surface area (Å²) in [5, 5.41) is 5.63. The summed E-state index contributed by atoms with van der Waals surface area (Å²) < 4.78 is 5.30. The van der Waals surface area contributed by atoms with Gasteiger partial charge in [0.1, 0.15) is 5.69 Å². The molecule has 6 nitrogen and oxygen atoms in total. The van der Waals surface area contributed by atoms with Crippen LogP contribution in [-0.2, 0) is 11.2 Å². The molecular weight excluding hydrogens is 276 g/mol. The lowest BCUT2D eigenvalue weighted by Gasteiger charge is -2.26. The molecule has 1 aliphatic rings. The molecule has 0 radical (unpaired) electrons. The molecule has 3 N–H and O–H groups in total. The van der Waals surface area contributed by atoms with E-state index in [2.05, 4.69) is 15.2 Å². The predicted octanol–water partition coefficient (Wildman–Crippen LogP) is 0.0964. The topological polar surface area (TPSA) is 80.5 Å². The molecule has 7 heteroatoms. The summed E-state index contributed by atoms with van der Waals surface area (Å²) in [7, 11) is 0. The Morgan fingerprint density at radius 3 is 3.05 bits per heavy atom. The number of ether oxygens (including phenoxy) is 1. The summed E-state index contributed by atoms with van der Waals surface area (Å²) in [5.74, 6) is -0.0912. The van der Waals surface area contributed by atoms with Gasteiger partial charge in [0.25, 0.3) is 5.91 Å². The van der Waals surface area contributed by atoms with Crippen LogP contribution in [0.2, 0.25) is 0 Å². The summed E-state index contributed by atoms with van der Waals surface area (Å²) in [6.07, 6.45) is 1.68. The fourth-order valence-electron chi connectivity index (χ4n) is 2.07. The van der Waals surface area contributed by atoms with Crippen LogP contribution in [0.3, 0.4) is 0 Å². The number of amides is 1. The Morgan fingerprint density at radius 2 is 2.30 bits per heavy atom. The third-order valence-electron chi connectivity index (χ3n) is 3.18. The first-order chi connectivity index (χ1) is 9.79. The van der Waals surface area contributed by atoms with Gasteiger partial charge in [-0.05, 0) is 19.5 Å². The Labute approximate surface area is 123 Å². The summed E-state index contributed by atoms with van der Waals surface area (Å²) >= 11 is 1.49. The molecule has 0 saturated carbocycles. The van der Waals surface area contributed by atoms with Crippen LogP contribution in [-0.4, -0.2) is 61.7 Å². The molecule has 20 heavy (non-hydrogen) atoms. The molecule has 1 aromatic heterocycles. The van der Waals surface area contributed by atoms with Crippen LogP contribution >= 0.6 is 11.3 Å². The van der Waals surface area contributed by atoms with E-state index in [9.17, 15) is 4.79 Å². The zero-order chi connectivity index (χ0) is 14.2. The second-order valence-corrected chi connectivity index (χ2v) is 5.67. The number of thiazole rings is 1. The summed E-state index contributed by atoms with van der Waals surface area (Å²) in [5.41, 5.74) is 5.97. The monoisotopic (exact) mass is 298 g/mol. The average Bonchev–Trinajstić information content (AvgIpc) is 2.94. The van der Waals surface area contributed by atoms with Crippen LogP contribution in [0.1, 0.15) is 21.9 Å². The zero-order valence-corrected chi connectivity index (χ0v) is 12.5. The van der Waals surface area contributed by atoms with Gasteiger partial charge in [-0.3, -0.25) is 9.69 Å². The van der Waals surface area contributed by atoms with Crippen LogP contribution in [0.25, 0.3) is 0 Å². The highest BCUT2D eigenvalue weighted by molar-refractivity contribution is 7.09. The SMILES string of the molecule is NCCc1nc(C(=O)NCCCN2CCOCC2)cs1. The van der Waals surface area contributed by atoms with Crippen LogP contribution in [0.5, 0.6) is 0 Å². The molecule has 112 valence electrons. The number of nitrogens with zero attached hydrogens (tertiary/aromatic N) is 2. The molecule has 0 aromatic carbocycles.